The highest BCUT2D eigenvalue weighted by Crippen LogP contribution is 2.33. The SMILES string of the molecule is COCc1ccc([C@@H]2CCCN2C(=O)NCc2nc(C)no2)o1. The normalized spacial score (nSPS) is 17.7. The van der Waals surface area contributed by atoms with Crippen LogP contribution in [0.25, 0.3) is 0 Å². The topological polar surface area (TPSA) is 93.6 Å². The van der Waals surface area contributed by atoms with Crippen LogP contribution in [0.4, 0.5) is 4.79 Å². The smallest absolute Gasteiger partial charge is 0.318 e. The number of nitrogens with zero attached hydrogens (tertiary/aromatic N) is 3. The van der Waals surface area contributed by atoms with Crippen molar-refractivity contribution >= 4 is 6.03 Å². The zero-order chi connectivity index (χ0) is 16.2. The van der Waals surface area contributed by atoms with Crippen molar-refractivity contribution in [3.63, 3.8) is 0 Å². The number of rotatable bonds is 5. The van der Waals surface area contributed by atoms with Crippen molar-refractivity contribution in [1.29, 1.82) is 0 Å². The molecule has 23 heavy (non-hydrogen) atoms. The van der Waals surface area contributed by atoms with E-state index in [1.165, 1.54) is 0 Å². The van der Waals surface area contributed by atoms with Gasteiger partial charge in [0.15, 0.2) is 5.82 Å². The van der Waals surface area contributed by atoms with Gasteiger partial charge in [-0.25, -0.2) is 4.79 Å². The zero-order valence-electron chi connectivity index (χ0n) is 13.2. The van der Waals surface area contributed by atoms with Gasteiger partial charge in [0.05, 0.1) is 12.6 Å². The summed E-state index contributed by atoms with van der Waals surface area (Å²) in [7, 11) is 1.62. The molecule has 3 heterocycles. The molecule has 0 spiro atoms. The van der Waals surface area contributed by atoms with Gasteiger partial charge in [-0.1, -0.05) is 5.16 Å². The van der Waals surface area contributed by atoms with Crippen molar-refractivity contribution in [3.8, 4) is 0 Å². The highest BCUT2D eigenvalue weighted by molar-refractivity contribution is 5.74. The zero-order valence-corrected chi connectivity index (χ0v) is 13.2. The Morgan fingerprint density at radius 1 is 1.52 bits per heavy atom. The van der Waals surface area contributed by atoms with Crippen LogP contribution >= 0.6 is 0 Å². The van der Waals surface area contributed by atoms with Crippen molar-refractivity contribution in [1.82, 2.24) is 20.4 Å². The molecule has 1 saturated heterocycles. The standard InChI is InChI=1S/C15H20N4O4/c1-10-17-14(23-18-10)8-16-15(20)19-7-3-4-12(19)13-6-5-11(22-13)9-21-2/h5-6,12H,3-4,7-9H2,1-2H3,(H,16,20)/t12-/m0/s1. The number of ether oxygens (including phenoxy) is 1. The van der Waals surface area contributed by atoms with E-state index in [1.807, 2.05) is 12.1 Å². The summed E-state index contributed by atoms with van der Waals surface area (Å²) in [5.41, 5.74) is 0. The minimum atomic E-state index is -0.159. The Hall–Kier alpha value is -2.35. The summed E-state index contributed by atoms with van der Waals surface area (Å²) >= 11 is 0. The van der Waals surface area contributed by atoms with E-state index in [4.69, 9.17) is 13.7 Å². The lowest BCUT2D eigenvalue weighted by atomic mass is 10.2. The molecule has 2 aromatic rings. The Morgan fingerprint density at radius 3 is 3.13 bits per heavy atom. The number of carbonyl (C=O) groups excluding carboxylic acids is 1. The van der Waals surface area contributed by atoms with Crippen LogP contribution in [0.3, 0.4) is 0 Å². The summed E-state index contributed by atoms with van der Waals surface area (Å²) in [6, 6.07) is 3.58. The van der Waals surface area contributed by atoms with Crippen LogP contribution in [0.1, 0.15) is 42.1 Å². The average Bonchev–Trinajstić information content (AvgIpc) is 3.24. The summed E-state index contributed by atoms with van der Waals surface area (Å²) in [4.78, 5) is 18.2. The third-order valence-electron chi connectivity index (χ3n) is 3.77. The molecule has 0 bridgehead atoms. The number of hydrogen-bond acceptors (Lipinski definition) is 6. The van der Waals surface area contributed by atoms with Gasteiger partial charge in [0.2, 0.25) is 5.89 Å². The highest BCUT2D eigenvalue weighted by Gasteiger charge is 2.32. The van der Waals surface area contributed by atoms with Gasteiger partial charge < -0.3 is 23.9 Å². The van der Waals surface area contributed by atoms with E-state index in [-0.39, 0.29) is 18.6 Å². The minimum absolute atomic E-state index is 0.0509. The van der Waals surface area contributed by atoms with Gasteiger partial charge in [0, 0.05) is 13.7 Å². The number of hydrogen-bond donors (Lipinski definition) is 1. The van der Waals surface area contributed by atoms with Crippen molar-refractivity contribution in [2.45, 2.75) is 39.0 Å². The van der Waals surface area contributed by atoms with Crippen molar-refractivity contribution < 1.29 is 18.5 Å². The second-order valence-electron chi connectivity index (χ2n) is 5.48. The Balaban J connectivity index is 1.62. The molecule has 2 aromatic heterocycles. The molecule has 1 atom stereocenters. The second kappa shape index (κ2) is 6.82. The maximum absolute atomic E-state index is 12.4. The molecule has 0 saturated carbocycles. The fourth-order valence-electron chi connectivity index (χ4n) is 2.76. The van der Waals surface area contributed by atoms with Crippen LogP contribution in [0, 0.1) is 6.92 Å². The molecule has 8 nitrogen and oxygen atoms in total. The molecule has 1 N–H and O–H groups in total. The van der Waals surface area contributed by atoms with E-state index in [0.29, 0.717) is 24.9 Å². The molecule has 0 radical (unpaired) electrons. The Bertz CT molecular complexity index is 666. The van der Waals surface area contributed by atoms with Crippen LogP contribution in [0.5, 0.6) is 0 Å². The lowest BCUT2D eigenvalue weighted by Gasteiger charge is -2.23. The summed E-state index contributed by atoms with van der Waals surface area (Å²) < 4.78 is 15.8. The largest absolute Gasteiger partial charge is 0.461 e. The molecule has 1 fully saturated rings. The van der Waals surface area contributed by atoms with Crippen LogP contribution in [0.2, 0.25) is 0 Å². The first-order valence-electron chi connectivity index (χ1n) is 7.58. The van der Waals surface area contributed by atoms with Crippen LogP contribution in [-0.4, -0.2) is 34.7 Å². The minimum Gasteiger partial charge on any atom is -0.461 e. The molecule has 2 amide bonds. The van der Waals surface area contributed by atoms with Crippen molar-refractivity contribution in [2.75, 3.05) is 13.7 Å². The van der Waals surface area contributed by atoms with Gasteiger partial charge in [-0.2, -0.15) is 4.98 Å². The average molecular weight is 320 g/mol. The van der Waals surface area contributed by atoms with Crippen molar-refractivity contribution in [2.24, 2.45) is 0 Å². The van der Waals surface area contributed by atoms with Gasteiger partial charge in [-0.05, 0) is 31.9 Å². The molecule has 0 unspecified atom stereocenters. The van der Waals surface area contributed by atoms with E-state index in [1.54, 1.807) is 18.9 Å². The maximum atomic E-state index is 12.4. The van der Waals surface area contributed by atoms with Gasteiger partial charge >= 0.3 is 6.03 Å². The van der Waals surface area contributed by atoms with E-state index in [0.717, 1.165) is 24.4 Å². The number of nitrogens with one attached hydrogen (secondary N) is 1. The van der Waals surface area contributed by atoms with E-state index in [2.05, 4.69) is 15.5 Å². The first-order valence-corrected chi connectivity index (χ1v) is 7.58. The van der Waals surface area contributed by atoms with Gasteiger partial charge in [0.25, 0.3) is 0 Å². The fraction of sp³-hybridized carbons (Fsp3) is 0.533. The van der Waals surface area contributed by atoms with Crippen molar-refractivity contribution in [3.05, 3.63) is 35.4 Å². The summed E-state index contributed by atoms with van der Waals surface area (Å²) in [5, 5.41) is 6.51. The third-order valence-corrected chi connectivity index (χ3v) is 3.77. The molecule has 1 aliphatic heterocycles. The molecule has 0 aromatic carbocycles. The quantitative estimate of drug-likeness (QED) is 0.907. The Morgan fingerprint density at radius 2 is 2.39 bits per heavy atom. The van der Waals surface area contributed by atoms with Crippen LogP contribution in [0.15, 0.2) is 21.1 Å². The Kier molecular flexibility index (Phi) is 4.61. The summed E-state index contributed by atoms with van der Waals surface area (Å²) in [6.45, 7) is 3.07. The number of aromatic nitrogens is 2. The third kappa shape index (κ3) is 3.53. The molecular formula is C15H20N4O4. The molecule has 0 aliphatic carbocycles. The monoisotopic (exact) mass is 320 g/mol. The predicted molar refractivity (Wildman–Crippen MR) is 79.4 cm³/mol. The van der Waals surface area contributed by atoms with E-state index >= 15 is 0 Å². The maximum Gasteiger partial charge on any atom is 0.318 e. The highest BCUT2D eigenvalue weighted by atomic mass is 16.5. The number of likely N-dealkylation sites (tertiary alicyclic amines) is 1. The lowest BCUT2D eigenvalue weighted by molar-refractivity contribution is 0.156. The van der Waals surface area contributed by atoms with Crippen LogP contribution in [-0.2, 0) is 17.9 Å². The molecule has 1 aliphatic rings. The van der Waals surface area contributed by atoms with E-state index in [9.17, 15) is 4.79 Å². The van der Waals surface area contributed by atoms with Crippen LogP contribution < -0.4 is 5.32 Å². The van der Waals surface area contributed by atoms with Gasteiger partial charge in [-0.3, -0.25) is 0 Å². The number of carbonyl (C=O) groups is 1. The fourth-order valence-corrected chi connectivity index (χ4v) is 2.76. The first-order chi connectivity index (χ1) is 11.2. The van der Waals surface area contributed by atoms with Gasteiger partial charge in [0.1, 0.15) is 18.1 Å². The predicted octanol–water partition coefficient (Wildman–Crippen LogP) is 2.16. The van der Waals surface area contributed by atoms with Gasteiger partial charge in [-0.15, -0.1) is 0 Å². The molecule has 124 valence electrons. The summed E-state index contributed by atoms with van der Waals surface area (Å²) in [6.07, 6.45) is 1.82. The number of methoxy groups -OCH3 is 1. The lowest BCUT2D eigenvalue weighted by Crippen LogP contribution is -2.39. The number of furan rings is 1. The molecular weight excluding hydrogens is 300 g/mol. The summed E-state index contributed by atoms with van der Waals surface area (Å²) in [5.74, 6) is 2.50. The van der Waals surface area contributed by atoms with E-state index < -0.39 is 0 Å². The number of amides is 2. The molecule has 8 heteroatoms. The Labute approximate surface area is 133 Å². The second-order valence-corrected chi connectivity index (χ2v) is 5.48. The number of aryl methyl sites for hydroxylation is 1. The first kappa shape index (κ1) is 15.5. The number of urea groups is 1. The molecule has 3 rings (SSSR count).